The minimum atomic E-state index is 0.525. The number of aromatic nitrogens is 1. The van der Waals surface area contributed by atoms with Gasteiger partial charge < -0.3 is 0 Å². The highest BCUT2D eigenvalue weighted by Crippen LogP contribution is 2.25. The molecule has 0 spiro atoms. The Bertz CT molecular complexity index is 335. The van der Waals surface area contributed by atoms with Crippen LogP contribution in [0.1, 0.15) is 24.8 Å². The van der Waals surface area contributed by atoms with E-state index in [0.717, 1.165) is 6.42 Å². The van der Waals surface area contributed by atoms with Gasteiger partial charge in [0.2, 0.25) is 0 Å². The molecule has 0 radical (unpaired) electrons. The van der Waals surface area contributed by atoms with E-state index in [1.54, 1.807) is 0 Å². The first-order chi connectivity index (χ1) is 6.36. The maximum absolute atomic E-state index is 4.12. The lowest BCUT2D eigenvalue weighted by Gasteiger charge is -2.14. The normalized spacial score (nSPS) is 21.3. The van der Waals surface area contributed by atoms with Crippen LogP contribution in [0.4, 0.5) is 0 Å². The molecular formula is C12H13N. The molecule has 1 atom stereocenters. The van der Waals surface area contributed by atoms with Gasteiger partial charge in [-0.2, -0.15) is 0 Å². The number of pyridine rings is 1. The lowest BCUT2D eigenvalue weighted by molar-refractivity contribution is 0.838. The average Bonchev–Trinajstić information content (AvgIpc) is 2.20. The van der Waals surface area contributed by atoms with E-state index in [0.29, 0.717) is 5.92 Å². The van der Waals surface area contributed by atoms with Crippen molar-refractivity contribution in [3.63, 3.8) is 0 Å². The second-order valence-corrected chi connectivity index (χ2v) is 3.44. The fraction of sp³-hybridized carbons (Fsp3) is 0.250. The molecule has 1 aromatic rings. The molecule has 1 aliphatic rings. The Morgan fingerprint density at radius 1 is 1.46 bits per heavy atom. The van der Waals surface area contributed by atoms with Gasteiger partial charge in [0.15, 0.2) is 0 Å². The highest BCUT2D eigenvalue weighted by atomic mass is 14.6. The molecule has 1 nitrogen and oxygen atoms in total. The molecule has 1 unspecified atom stereocenters. The van der Waals surface area contributed by atoms with Crippen molar-refractivity contribution in [3.8, 4) is 0 Å². The van der Waals surface area contributed by atoms with Gasteiger partial charge in [-0.15, -0.1) is 0 Å². The number of allylic oxidation sites excluding steroid dienone is 4. The number of hydrogen-bond donors (Lipinski definition) is 0. The summed E-state index contributed by atoms with van der Waals surface area (Å²) >= 11 is 0. The van der Waals surface area contributed by atoms with Crippen LogP contribution in [0.5, 0.6) is 0 Å². The molecule has 0 fully saturated rings. The van der Waals surface area contributed by atoms with E-state index in [9.17, 15) is 0 Å². The predicted octanol–water partition coefficient (Wildman–Crippen LogP) is 3.07. The van der Waals surface area contributed by atoms with Crippen LogP contribution >= 0.6 is 0 Å². The minimum absolute atomic E-state index is 0.525. The predicted molar refractivity (Wildman–Crippen MR) is 54.5 cm³/mol. The van der Waals surface area contributed by atoms with E-state index in [1.807, 2.05) is 18.5 Å². The monoisotopic (exact) mass is 171 g/mol. The van der Waals surface area contributed by atoms with Crippen LogP contribution in [-0.4, -0.2) is 4.98 Å². The minimum Gasteiger partial charge on any atom is -0.264 e. The smallest absolute Gasteiger partial charge is 0.0305 e. The van der Waals surface area contributed by atoms with Crippen LogP contribution in [-0.2, 0) is 0 Å². The number of rotatable bonds is 1. The molecule has 1 heteroatoms. The Morgan fingerprint density at radius 2 is 2.38 bits per heavy atom. The summed E-state index contributed by atoms with van der Waals surface area (Å²) in [6.45, 7) is 2.13. The van der Waals surface area contributed by atoms with Crippen molar-refractivity contribution in [1.29, 1.82) is 0 Å². The molecule has 0 amide bonds. The Hall–Kier alpha value is -1.37. The molecule has 66 valence electrons. The summed E-state index contributed by atoms with van der Waals surface area (Å²) in [5.74, 6) is 0.525. The third-order valence-corrected chi connectivity index (χ3v) is 2.40. The fourth-order valence-corrected chi connectivity index (χ4v) is 1.57. The van der Waals surface area contributed by atoms with E-state index < -0.39 is 0 Å². The highest BCUT2D eigenvalue weighted by Gasteiger charge is 2.08. The largest absolute Gasteiger partial charge is 0.264 e. The summed E-state index contributed by atoms with van der Waals surface area (Å²) in [5.41, 5.74) is 2.67. The van der Waals surface area contributed by atoms with E-state index in [4.69, 9.17) is 0 Å². The third-order valence-electron chi connectivity index (χ3n) is 2.40. The Morgan fingerprint density at radius 3 is 3.00 bits per heavy atom. The lowest BCUT2D eigenvalue weighted by Crippen LogP contribution is -1.97. The van der Waals surface area contributed by atoms with E-state index >= 15 is 0 Å². The summed E-state index contributed by atoms with van der Waals surface area (Å²) in [6, 6.07) is 4.13. The zero-order valence-electron chi connectivity index (χ0n) is 7.77. The Kier molecular flexibility index (Phi) is 2.26. The molecule has 1 aliphatic carbocycles. The maximum atomic E-state index is 4.12. The van der Waals surface area contributed by atoms with Crippen molar-refractivity contribution in [2.45, 2.75) is 19.3 Å². The van der Waals surface area contributed by atoms with Crippen LogP contribution < -0.4 is 0 Å². The van der Waals surface area contributed by atoms with Crippen molar-refractivity contribution >= 4 is 0 Å². The van der Waals surface area contributed by atoms with Crippen LogP contribution in [0.15, 0.2) is 48.3 Å². The molecule has 0 aromatic carbocycles. The van der Waals surface area contributed by atoms with Gasteiger partial charge in [0.25, 0.3) is 0 Å². The van der Waals surface area contributed by atoms with Gasteiger partial charge in [0, 0.05) is 18.3 Å². The van der Waals surface area contributed by atoms with Crippen molar-refractivity contribution < 1.29 is 0 Å². The molecule has 0 saturated heterocycles. The SMILES string of the molecule is CC1=CCC(c2cccnc2)C=C1. The van der Waals surface area contributed by atoms with Crippen LogP contribution in [0.2, 0.25) is 0 Å². The van der Waals surface area contributed by atoms with Gasteiger partial charge in [-0.05, 0) is 25.0 Å². The van der Waals surface area contributed by atoms with Crippen LogP contribution in [0, 0.1) is 0 Å². The second-order valence-electron chi connectivity index (χ2n) is 3.44. The summed E-state index contributed by atoms with van der Waals surface area (Å²) in [4.78, 5) is 4.12. The van der Waals surface area contributed by atoms with Crippen molar-refractivity contribution in [2.24, 2.45) is 0 Å². The van der Waals surface area contributed by atoms with Gasteiger partial charge in [-0.25, -0.2) is 0 Å². The molecule has 1 heterocycles. The zero-order chi connectivity index (χ0) is 9.10. The Labute approximate surface area is 78.8 Å². The summed E-state index contributed by atoms with van der Waals surface area (Å²) in [5, 5.41) is 0. The maximum Gasteiger partial charge on any atom is 0.0305 e. The van der Waals surface area contributed by atoms with E-state index in [2.05, 4.69) is 36.2 Å². The number of hydrogen-bond acceptors (Lipinski definition) is 1. The van der Waals surface area contributed by atoms with Gasteiger partial charge in [0.05, 0.1) is 0 Å². The average molecular weight is 171 g/mol. The van der Waals surface area contributed by atoms with Gasteiger partial charge in [0.1, 0.15) is 0 Å². The molecular weight excluding hydrogens is 158 g/mol. The molecule has 0 aliphatic heterocycles. The highest BCUT2D eigenvalue weighted by molar-refractivity contribution is 5.30. The summed E-state index contributed by atoms with van der Waals surface area (Å²) < 4.78 is 0. The van der Waals surface area contributed by atoms with E-state index in [1.165, 1.54) is 11.1 Å². The quantitative estimate of drug-likeness (QED) is 0.632. The van der Waals surface area contributed by atoms with Gasteiger partial charge >= 0.3 is 0 Å². The summed E-state index contributed by atoms with van der Waals surface area (Å²) in [6.07, 6.45) is 11.6. The van der Waals surface area contributed by atoms with Crippen molar-refractivity contribution in [1.82, 2.24) is 4.98 Å². The van der Waals surface area contributed by atoms with Gasteiger partial charge in [-0.1, -0.05) is 29.9 Å². The standard InChI is InChI=1S/C12H13N/c1-10-4-6-11(7-5-10)12-3-2-8-13-9-12/h2-6,8-9,11H,7H2,1H3. The topological polar surface area (TPSA) is 12.9 Å². The molecule has 0 saturated carbocycles. The van der Waals surface area contributed by atoms with Crippen molar-refractivity contribution in [2.75, 3.05) is 0 Å². The molecule has 1 aromatic heterocycles. The zero-order valence-corrected chi connectivity index (χ0v) is 7.77. The first-order valence-electron chi connectivity index (χ1n) is 4.61. The Balaban J connectivity index is 2.18. The van der Waals surface area contributed by atoms with E-state index in [-0.39, 0.29) is 0 Å². The first-order valence-corrected chi connectivity index (χ1v) is 4.61. The van der Waals surface area contributed by atoms with Gasteiger partial charge in [-0.3, -0.25) is 4.98 Å². The molecule has 0 bridgehead atoms. The van der Waals surface area contributed by atoms with Crippen LogP contribution in [0.3, 0.4) is 0 Å². The fourth-order valence-electron chi connectivity index (χ4n) is 1.57. The molecule has 0 N–H and O–H groups in total. The lowest BCUT2D eigenvalue weighted by atomic mass is 9.92. The second kappa shape index (κ2) is 3.56. The van der Waals surface area contributed by atoms with Crippen molar-refractivity contribution in [3.05, 3.63) is 53.9 Å². The number of nitrogens with zero attached hydrogens (tertiary/aromatic N) is 1. The third kappa shape index (κ3) is 1.86. The molecule has 13 heavy (non-hydrogen) atoms. The van der Waals surface area contributed by atoms with Crippen LogP contribution in [0.25, 0.3) is 0 Å². The first kappa shape index (κ1) is 8.24. The summed E-state index contributed by atoms with van der Waals surface area (Å²) in [7, 11) is 0. The molecule has 2 rings (SSSR count).